The van der Waals surface area contributed by atoms with Gasteiger partial charge in [0.15, 0.2) is 23.0 Å². The summed E-state index contributed by atoms with van der Waals surface area (Å²) in [5.74, 6) is 3.33. The maximum absolute atomic E-state index is 12.2. The van der Waals surface area contributed by atoms with E-state index in [0.717, 1.165) is 63.7 Å². The normalized spacial score (nSPS) is 11.7. The number of carbonyl (C=O) groups is 1. The molecule has 0 radical (unpaired) electrons. The van der Waals surface area contributed by atoms with Crippen LogP contribution >= 0.6 is 31.9 Å². The topological polar surface area (TPSA) is 152 Å². The molecule has 10 nitrogen and oxygen atoms in total. The van der Waals surface area contributed by atoms with Gasteiger partial charge in [-0.05, 0) is 165 Å². The van der Waals surface area contributed by atoms with Gasteiger partial charge in [0.1, 0.15) is 11.5 Å². The summed E-state index contributed by atoms with van der Waals surface area (Å²) in [7, 11) is 3.21. The molecule has 0 aliphatic heterocycles. The van der Waals surface area contributed by atoms with Gasteiger partial charge >= 0.3 is 51.4 Å². The van der Waals surface area contributed by atoms with E-state index in [9.17, 15) is 10.1 Å². The Morgan fingerprint density at radius 2 is 0.984 bits per heavy atom. The van der Waals surface area contributed by atoms with Gasteiger partial charge in [-0.2, -0.15) is 5.26 Å². The first kappa shape index (κ1) is 56.2. The Balaban J connectivity index is 0.000000591. The fourth-order valence-corrected chi connectivity index (χ4v) is 7.62. The average Bonchev–Trinajstić information content (AvgIpc) is 3.17. The van der Waals surface area contributed by atoms with E-state index < -0.39 is 5.92 Å². The van der Waals surface area contributed by atoms with Crippen molar-refractivity contribution in [3.8, 4) is 40.6 Å². The Morgan fingerprint density at radius 1 is 0.607 bits per heavy atom. The standard InChI is InChI=1S/C24H32BrNO4.C24H30BrNO3.K.H2O/c1-15(2)29-18-11-9-17(10-12-18)7-6-8-19(24(26)27)20-13-23(30-16(3)4)22(28-5)14-21(20)25;1-16(2)28-20-11-9-18(10-12-20)7-6-8-19(15-26)21-13-24(29-17(3)4)23(27-5)14-22(21)25;;/h9-16,19H,6-8H2,1-5H3,(H2,26,27);9-14,16-17,19H,6-8H2,1-5H3;;1H2/q;;+1;/p-1. The van der Waals surface area contributed by atoms with Crippen LogP contribution in [-0.4, -0.2) is 50.0 Å². The fourth-order valence-electron chi connectivity index (χ4n) is 6.42. The Labute approximate surface area is 423 Å². The van der Waals surface area contributed by atoms with Crippen LogP contribution in [0.25, 0.3) is 0 Å². The third-order valence-electron chi connectivity index (χ3n) is 9.05. The zero-order valence-corrected chi connectivity index (χ0v) is 44.0. The van der Waals surface area contributed by atoms with Crippen LogP contribution in [0.2, 0.25) is 0 Å². The molecule has 0 spiro atoms. The largest absolute Gasteiger partial charge is 1.00 e. The minimum atomic E-state index is -0.414. The smallest absolute Gasteiger partial charge is 0.870 e. The molecule has 0 fully saturated rings. The summed E-state index contributed by atoms with van der Waals surface area (Å²) in [5, 5.41) is 9.76. The van der Waals surface area contributed by atoms with Gasteiger partial charge < -0.3 is 39.6 Å². The maximum Gasteiger partial charge on any atom is 1.00 e. The second kappa shape index (κ2) is 28.8. The number of carbonyl (C=O) groups excluding carboxylic acids is 1. The molecule has 328 valence electrons. The number of primary amides is 1. The van der Waals surface area contributed by atoms with Crippen LogP contribution in [-0.2, 0) is 17.6 Å². The molecule has 4 aromatic carbocycles. The Morgan fingerprint density at radius 3 is 1.34 bits per heavy atom. The van der Waals surface area contributed by atoms with Crippen molar-refractivity contribution in [3.05, 3.63) is 104 Å². The molecule has 0 saturated heterocycles. The third kappa shape index (κ3) is 19.2. The Kier molecular flexibility index (Phi) is 26.5. The van der Waals surface area contributed by atoms with E-state index in [2.05, 4.69) is 62.2 Å². The number of amides is 1. The molecule has 3 N–H and O–H groups in total. The molecule has 0 bridgehead atoms. The van der Waals surface area contributed by atoms with Gasteiger partial charge in [-0.25, -0.2) is 0 Å². The summed E-state index contributed by atoms with van der Waals surface area (Å²) in [5.41, 5.74) is 9.96. The Bertz CT molecular complexity index is 1950. The van der Waals surface area contributed by atoms with E-state index in [4.69, 9.17) is 34.2 Å². The number of hydrogen-bond donors (Lipinski definition) is 1. The van der Waals surface area contributed by atoms with E-state index in [1.165, 1.54) is 11.1 Å². The van der Waals surface area contributed by atoms with Gasteiger partial charge in [-0.1, -0.05) is 56.1 Å². The van der Waals surface area contributed by atoms with Crippen molar-refractivity contribution in [2.75, 3.05) is 14.2 Å². The number of nitrogens with zero attached hydrogens (tertiary/aromatic N) is 1. The summed E-state index contributed by atoms with van der Waals surface area (Å²) in [6.45, 7) is 15.9. The number of nitrogens with two attached hydrogens (primary N) is 1. The molecular weight excluding hydrogens is 931 g/mol. The molecule has 1 amide bonds. The minimum absolute atomic E-state index is 0. The summed E-state index contributed by atoms with van der Waals surface area (Å²) >= 11 is 7.16. The summed E-state index contributed by atoms with van der Waals surface area (Å²) in [4.78, 5) is 12.2. The number of rotatable bonds is 21. The summed E-state index contributed by atoms with van der Waals surface area (Å²) < 4.78 is 35.6. The predicted molar refractivity (Wildman–Crippen MR) is 245 cm³/mol. The van der Waals surface area contributed by atoms with E-state index >= 15 is 0 Å². The molecule has 61 heavy (non-hydrogen) atoms. The average molecular weight is 995 g/mol. The molecule has 2 atom stereocenters. The number of methoxy groups -OCH3 is 2. The zero-order valence-electron chi connectivity index (χ0n) is 37.7. The van der Waals surface area contributed by atoms with Gasteiger partial charge in [0, 0.05) is 8.95 Å². The quantitative estimate of drug-likeness (QED) is 0.0806. The molecule has 4 aromatic rings. The van der Waals surface area contributed by atoms with Gasteiger partial charge in [-0.15, -0.1) is 0 Å². The molecule has 4 rings (SSSR count). The second-order valence-corrected chi connectivity index (χ2v) is 17.1. The van der Waals surface area contributed by atoms with Crippen molar-refractivity contribution in [2.45, 2.75) is 130 Å². The van der Waals surface area contributed by atoms with Crippen molar-refractivity contribution < 1.29 is 90.1 Å². The molecule has 0 aromatic heterocycles. The van der Waals surface area contributed by atoms with E-state index in [0.29, 0.717) is 29.4 Å². The number of halogens is 2. The number of hydrogen-bond acceptors (Lipinski definition) is 9. The van der Waals surface area contributed by atoms with Crippen LogP contribution < -0.4 is 85.5 Å². The number of benzene rings is 4. The van der Waals surface area contributed by atoms with Crippen molar-refractivity contribution in [1.82, 2.24) is 0 Å². The van der Waals surface area contributed by atoms with Gasteiger partial charge in [0.05, 0.1) is 56.5 Å². The first-order chi connectivity index (χ1) is 28.0. The summed E-state index contributed by atoms with van der Waals surface area (Å²) in [6.07, 6.45) is 5.28. The van der Waals surface area contributed by atoms with Crippen LogP contribution in [0.15, 0.2) is 81.7 Å². The number of ether oxygens (including phenoxy) is 6. The fraction of sp³-hybridized carbons (Fsp3) is 0.458. The van der Waals surface area contributed by atoms with E-state index in [1.54, 1.807) is 14.2 Å². The molecule has 13 heteroatoms. The first-order valence-electron chi connectivity index (χ1n) is 20.3. The Hall–Kier alpha value is -2.80. The summed E-state index contributed by atoms with van der Waals surface area (Å²) in [6, 6.07) is 26.2. The molecule has 0 aliphatic rings. The van der Waals surface area contributed by atoms with Crippen molar-refractivity contribution in [2.24, 2.45) is 5.73 Å². The van der Waals surface area contributed by atoms with Crippen LogP contribution in [0.5, 0.6) is 34.5 Å². The molecular formula is C48H63Br2KN2O8. The van der Waals surface area contributed by atoms with Crippen molar-refractivity contribution in [3.63, 3.8) is 0 Å². The van der Waals surface area contributed by atoms with Crippen molar-refractivity contribution >= 4 is 37.8 Å². The van der Waals surface area contributed by atoms with Crippen LogP contribution in [0.4, 0.5) is 0 Å². The zero-order chi connectivity index (χ0) is 43.6. The monoisotopic (exact) mass is 992 g/mol. The SMILES string of the molecule is COc1cc(Br)c(C(C#N)CCCc2ccc(OC(C)C)cc2)cc1OC(C)C.COc1cc(Br)c(C(CCCc2ccc(OC(C)C)cc2)C(N)=O)cc1OC(C)C.[K+].[OH-]. The van der Waals surface area contributed by atoms with Gasteiger partial charge in [-0.3, -0.25) is 4.79 Å². The maximum atomic E-state index is 12.2. The number of aryl methyl sites for hydroxylation is 2. The van der Waals surface area contributed by atoms with Gasteiger partial charge in [0.2, 0.25) is 5.91 Å². The van der Waals surface area contributed by atoms with Crippen LogP contribution in [0.1, 0.15) is 115 Å². The second-order valence-electron chi connectivity index (χ2n) is 15.4. The first-order valence-corrected chi connectivity index (χ1v) is 21.9. The van der Waals surface area contributed by atoms with Crippen LogP contribution in [0, 0.1) is 11.3 Å². The molecule has 0 heterocycles. The predicted octanol–water partition coefficient (Wildman–Crippen LogP) is 9.11. The number of nitriles is 1. The van der Waals surface area contributed by atoms with Crippen molar-refractivity contribution in [1.29, 1.82) is 5.26 Å². The van der Waals surface area contributed by atoms with E-state index in [1.807, 2.05) is 104 Å². The molecule has 0 saturated carbocycles. The molecule has 0 aliphatic carbocycles. The molecule has 2 unspecified atom stereocenters. The van der Waals surface area contributed by atoms with E-state index in [-0.39, 0.29) is 93.1 Å². The minimum Gasteiger partial charge on any atom is -0.870 e. The van der Waals surface area contributed by atoms with Crippen LogP contribution in [0.3, 0.4) is 0 Å². The third-order valence-corrected chi connectivity index (χ3v) is 10.4. The van der Waals surface area contributed by atoms with Gasteiger partial charge in [0.25, 0.3) is 0 Å².